The first kappa shape index (κ1) is 17.3. The molecule has 1 rings (SSSR count). The number of carbonyl (C=O) groups excluding carboxylic acids is 1. The number of Topliss-reactive ketones (excluding diaryl/α,β-unsaturated/α-hetero) is 1. The zero-order chi connectivity index (χ0) is 15.2. The number of carbonyl (C=O) groups is 2. The van der Waals surface area contributed by atoms with Gasteiger partial charge in [0, 0.05) is 5.92 Å². The van der Waals surface area contributed by atoms with E-state index in [9.17, 15) is 14.2 Å². The molecule has 1 heterocycles. The van der Waals surface area contributed by atoms with Gasteiger partial charge in [0.05, 0.1) is 13.2 Å². The van der Waals surface area contributed by atoms with Crippen molar-refractivity contribution in [3.63, 3.8) is 0 Å². The maximum absolute atomic E-state index is 12.3. The number of hydrogen-bond donors (Lipinski definition) is 2. The number of carboxylic acid groups (broad SMARTS) is 1. The molecule has 1 saturated heterocycles. The Kier molecular flexibility index (Phi) is 6.82. The van der Waals surface area contributed by atoms with Crippen LogP contribution in [0.15, 0.2) is 0 Å². The Morgan fingerprint density at radius 1 is 1.30 bits per heavy atom. The minimum atomic E-state index is -3.47. The zero-order valence-electron chi connectivity index (χ0n) is 11.8. The van der Waals surface area contributed by atoms with E-state index in [1.807, 2.05) is 0 Å². The van der Waals surface area contributed by atoms with Gasteiger partial charge >= 0.3 is 13.6 Å². The van der Waals surface area contributed by atoms with Crippen molar-refractivity contribution in [2.24, 2.45) is 5.92 Å². The molecule has 0 saturated carbocycles. The van der Waals surface area contributed by atoms with Crippen LogP contribution >= 0.6 is 7.60 Å². The van der Waals surface area contributed by atoms with Crippen LogP contribution in [-0.2, 0) is 23.2 Å². The molecular formula is C12H22NO6P. The molecule has 2 N–H and O–H groups in total. The summed E-state index contributed by atoms with van der Waals surface area (Å²) in [7, 11) is -3.47. The van der Waals surface area contributed by atoms with Crippen molar-refractivity contribution in [3.8, 4) is 0 Å². The summed E-state index contributed by atoms with van der Waals surface area (Å²) in [4.78, 5) is 23.4. The molecule has 1 aliphatic heterocycles. The van der Waals surface area contributed by atoms with E-state index in [0.29, 0.717) is 19.4 Å². The molecule has 0 bridgehead atoms. The van der Waals surface area contributed by atoms with Crippen molar-refractivity contribution in [1.82, 2.24) is 5.32 Å². The third-order valence-corrected chi connectivity index (χ3v) is 5.14. The smallest absolute Gasteiger partial charge is 0.338 e. The minimum absolute atomic E-state index is 0.176. The predicted molar refractivity (Wildman–Crippen MR) is 72.9 cm³/mol. The summed E-state index contributed by atoms with van der Waals surface area (Å²) in [5.41, 5.74) is 0. The van der Waals surface area contributed by atoms with E-state index in [1.165, 1.54) is 0 Å². The molecule has 1 fully saturated rings. The number of rotatable bonds is 8. The first-order valence-electron chi connectivity index (χ1n) is 6.80. The molecule has 0 aromatic rings. The molecule has 0 spiro atoms. The van der Waals surface area contributed by atoms with E-state index in [0.717, 1.165) is 0 Å². The Balaban J connectivity index is 2.76. The van der Waals surface area contributed by atoms with Crippen molar-refractivity contribution in [2.75, 3.05) is 25.9 Å². The largest absolute Gasteiger partial charge is 0.480 e. The van der Waals surface area contributed by atoms with E-state index in [2.05, 4.69) is 5.32 Å². The van der Waals surface area contributed by atoms with Gasteiger partial charge in [0.15, 0.2) is 0 Å². The van der Waals surface area contributed by atoms with Gasteiger partial charge in [0.1, 0.15) is 18.0 Å². The molecule has 0 aromatic carbocycles. The second-order valence-electron chi connectivity index (χ2n) is 4.59. The number of aliphatic carboxylic acids is 1. The molecule has 116 valence electrons. The summed E-state index contributed by atoms with van der Waals surface area (Å²) in [6.45, 7) is 4.25. The third-order valence-electron chi connectivity index (χ3n) is 3.14. The first-order valence-corrected chi connectivity index (χ1v) is 8.53. The van der Waals surface area contributed by atoms with Gasteiger partial charge in [-0.2, -0.15) is 0 Å². The average molecular weight is 307 g/mol. The summed E-state index contributed by atoms with van der Waals surface area (Å²) >= 11 is 0. The van der Waals surface area contributed by atoms with Gasteiger partial charge in [-0.1, -0.05) is 0 Å². The van der Waals surface area contributed by atoms with Gasteiger partial charge < -0.3 is 19.5 Å². The highest BCUT2D eigenvalue weighted by Crippen LogP contribution is 2.48. The Morgan fingerprint density at radius 2 is 1.90 bits per heavy atom. The van der Waals surface area contributed by atoms with Gasteiger partial charge in [0.25, 0.3) is 0 Å². The second kappa shape index (κ2) is 7.88. The topological polar surface area (TPSA) is 102 Å². The van der Waals surface area contributed by atoms with Gasteiger partial charge in [-0.25, -0.2) is 0 Å². The normalized spacial score (nSPS) is 23.5. The van der Waals surface area contributed by atoms with Crippen molar-refractivity contribution < 1.29 is 28.3 Å². The van der Waals surface area contributed by atoms with Crippen LogP contribution in [0.4, 0.5) is 0 Å². The quantitative estimate of drug-likeness (QED) is 0.651. The Morgan fingerprint density at radius 3 is 2.40 bits per heavy atom. The molecule has 20 heavy (non-hydrogen) atoms. The fraction of sp³-hybridized carbons (Fsp3) is 0.833. The van der Waals surface area contributed by atoms with E-state index in [1.54, 1.807) is 13.8 Å². The SMILES string of the molecule is CCOP(=O)(CC(=O)[C@H]1CCCNC1C(=O)O)OCC. The van der Waals surface area contributed by atoms with Gasteiger partial charge in [-0.15, -0.1) is 0 Å². The second-order valence-corrected chi connectivity index (χ2v) is 6.64. The molecule has 0 aliphatic carbocycles. The lowest BCUT2D eigenvalue weighted by atomic mass is 9.88. The molecule has 1 unspecified atom stereocenters. The Bertz CT molecular complexity index is 389. The maximum Gasteiger partial charge on any atom is 0.338 e. The third kappa shape index (κ3) is 4.66. The summed E-state index contributed by atoms with van der Waals surface area (Å²) in [6, 6.07) is -0.923. The van der Waals surface area contributed by atoms with Crippen molar-refractivity contribution >= 4 is 19.3 Å². The average Bonchev–Trinajstić information content (AvgIpc) is 2.38. The predicted octanol–water partition coefficient (Wildman–Crippen LogP) is 1.27. The summed E-state index contributed by atoms with van der Waals surface area (Å²) < 4.78 is 22.5. The molecule has 0 aromatic heterocycles. The van der Waals surface area contributed by atoms with Crippen LogP contribution in [0.3, 0.4) is 0 Å². The molecule has 2 atom stereocenters. The van der Waals surface area contributed by atoms with E-state index in [4.69, 9.17) is 14.2 Å². The summed E-state index contributed by atoms with van der Waals surface area (Å²) in [5.74, 6) is -2.13. The number of nitrogens with one attached hydrogen (secondary N) is 1. The van der Waals surface area contributed by atoms with Crippen LogP contribution < -0.4 is 5.32 Å². The molecular weight excluding hydrogens is 285 g/mol. The highest BCUT2D eigenvalue weighted by atomic mass is 31.2. The standard InChI is InChI=1S/C12H22NO6P/c1-3-18-20(17,19-4-2)8-10(14)9-6-5-7-13-11(9)12(15)16/h9,11,13H,3-8H2,1-2H3,(H,15,16)/t9-,11?/m1/s1. The highest BCUT2D eigenvalue weighted by Gasteiger charge is 2.39. The van der Waals surface area contributed by atoms with Crippen LogP contribution in [0.2, 0.25) is 0 Å². The van der Waals surface area contributed by atoms with Crippen molar-refractivity contribution in [2.45, 2.75) is 32.7 Å². The number of piperidine rings is 1. The Hall–Kier alpha value is -0.750. The van der Waals surface area contributed by atoms with Crippen LogP contribution in [0.25, 0.3) is 0 Å². The lowest BCUT2D eigenvalue weighted by molar-refractivity contribution is -0.144. The molecule has 1 aliphatic rings. The van der Waals surface area contributed by atoms with Crippen molar-refractivity contribution in [1.29, 1.82) is 0 Å². The minimum Gasteiger partial charge on any atom is -0.480 e. The van der Waals surface area contributed by atoms with E-state index >= 15 is 0 Å². The molecule has 0 radical (unpaired) electrons. The van der Waals surface area contributed by atoms with Gasteiger partial charge in [0.2, 0.25) is 0 Å². The van der Waals surface area contributed by atoms with E-state index < -0.39 is 25.5 Å². The van der Waals surface area contributed by atoms with Crippen LogP contribution in [0, 0.1) is 5.92 Å². The lowest BCUT2D eigenvalue weighted by Gasteiger charge is -2.29. The van der Waals surface area contributed by atoms with Crippen LogP contribution in [0.5, 0.6) is 0 Å². The molecule has 8 heteroatoms. The molecule has 7 nitrogen and oxygen atoms in total. The number of carboxylic acids is 1. The van der Waals surface area contributed by atoms with Gasteiger partial charge in [-0.05, 0) is 33.2 Å². The summed E-state index contributed by atoms with van der Waals surface area (Å²) in [5, 5.41) is 11.9. The summed E-state index contributed by atoms with van der Waals surface area (Å²) in [6.07, 6.45) is 0.819. The Labute approximate surface area is 118 Å². The van der Waals surface area contributed by atoms with Crippen LogP contribution in [-0.4, -0.2) is 48.8 Å². The van der Waals surface area contributed by atoms with E-state index in [-0.39, 0.29) is 25.2 Å². The maximum atomic E-state index is 12.3. The van der Waals surface area contributed by atoms with Crippen LogP contribution in [0.1, 0.15) is 26.7 Å². The monoisotopic (exact) mass is 307 g/mol. The first-order chi connectivity index (χ1) is 9.43. The molecule has 0 amide bonds. The number of hydrogen-bond acceptors (Lipinski definition) is 6. The number of ketones is 1. The van der Waals surface area contributed by atoms with Gasteiger partial charge in [-0.3, -0.25) is 14.2 Å². The highest BCUT2D eigenvalue weighted by molar-refractivity contribution is 7.54. The lowest BCUT2D eigenvalue weighted by Crippen LogP contribution is -2.50. The fourth-order valence-electron chi connectivity index (χ4n) is 2.32. The zero-order valence-corrected chi connectivity index (χ0v) is 12.7. The fourth-order valence-corrected chi connectivity index (χ4v) is 3.98. The van der Waals surface area contributed by atoms with Crippen molar-refractivity contribution in [3.05, 3.63) is 0 Å².